The van der Waals surface area contributed by atoms with E-state index in [-0.39, 0.29) is 11.7 Å². The summed E-state index contributed by atoms with van der Waals surface area (Å²) in [6.07, 6.45) is 1.33. The summed E-state index contributed by atoms with van der Waals surface area (Å²) in [4.78, 5) is 16.2. The van der Waals surface area contributed by atoms with E-state index in [4.69, 9.17) is 4.42 Å². The highest BCUT2D eigenvalue weighted by Gasteiger charge is 2.10. The number of carbonyl (C=O) groups excluding carboxylic acids is 1. The van der Waals surface area contributed by atoms with Crippen molar-refractivity contribution in [3.8, 4) is 5.75 Å². The number of amides is 1. The van der Waals surface area contributed by atoms with Gasteiger partial charge in [-0.3, -0.25) is 4.79 Å². The third-order valence-corrected chi connectivity index (χ3v) is 2.99. The molecule has 0 radical (unpaired) electrons. The van der Waals surface area contributed by atoms with Gasteiger partial charge in [0, 0.05) is 5.56 Å². The number of nitrogens with one attached hydrogen (secondary N) is 1. The van der Waals surface area contributed by atoms with Crippen molar-refractivity contribution in [1.82, 2.24) is 4.98 Å². The fourth-order valence-corrected chi connectivity index (χ4v) is 1.94. The molecule has 1 aromatic heterocycles. The van der Waals surface area contributed by atoms with Crippen LogP contribution in [-0.2, 0) is 0 Å². The van der Waals surface area contributed by atoms with Crippen LogP contribution in [0.15, 0.2) is 47.2 Å². The Kier molecular flexibility index (Phi) is 2.87. The maximum Gasteiger partial charge on any atom is 0.255 e. The van der Waals surface area contributed by atoms with Gasteiger partial charge >= 0.3 is 0 Å². The Hall–Kier alpha value is -2.82. The highest BCUT2D eigenvalue weighted by Crippen LogP contribution is 2.24. The second-order valence-electron chi connectivity index (χ2n) is 4.51. The van der Waals surface area contributed by atoms with Crippen molar-refractivity contribution in [2.24, 2.45) is 0 Å². The molecule has 20 heavy (non-hydrogen) atoms. The van der Waals surface area contributed by atoms with Crippen molar-refractivity contribution >= 4 is 22.7 Å². The van der Waals surface area contributed by atoms with E-state index >= 15 is 0 Å². The van der Waals surface area contributed by atoms with Gasteiger partial charge in [0.2, 0.25) is 0 Å². The first-order chi connectivity index (χ1) is 9.63. The first-order valence-corrected chi connectivity index (χ1v) is 6.08. The molecule has 0 saturated heterocycles. The molecular weight excluding hydrogens is 256 g/mol. The molecule has 2 aromatic carbocycles. The second kappa shape index (κ2) is 4.70. The highest BCUT2D eigenvalue weighted by atomic mass is 16.3. The van der Waals surface area contributed by atoms with Crippen LogP contribution in [-0.4, -0.2) is 16.0 Å². The number of nitrogens with zero attached hydrogens (tertiary/aromatic N) is 1. The minimum atomic E-state index is -0.309. The van der Waals surface area contributed by atoms with Crippen LogP contribution in [0.4, 0.5) is 5.69 Å². The molecule has 1 heterocycles. The second-order valence-corrected chi connectivity index (χ2v) is 4.51. The summed E-state index contributed by atoms with van der Waals surface area (Å²) < 4.78 is 5.12. The van der Waals surface area contributed by atoms with E-state index < -0.39 is 0 Å². The highest BCUT2D eigenvalue weighted by molar-refractivity contribution is 6.06. The number of aryl methyl sites for hydroxylation is 1. The van der Waals surface area contributed by atoms with Crippen LogP contribution in [0.2, 0.25) is 0 Å². The fourth-order valence-electron chi connectivity index (χ4n) is 1.94. The zero-order valence-electron chi connectivity index (χ0n) is 10.8. The molecule has 0 spiro atoms. The summed E-state index contributed by atoms with van der Waals surface area (Å²) in [6.45, 7) is 1.89. The maximum atomic E-state index is 12.2. The number of fused-ring (bicyclic) bond motifs is 1. The summed E-state index contributed by atoms with van der Waals surface area (Å²) >= 11 is 0. The Morgan fingerprint density at radius 3 is 2.95 bits per heavy atom. The monoisotopic (exact) mass is 268 g/mol. The van der Waals surface area contributed by atoms with E-state index in [1.165, 1.54) is 6.39 Å². The van der Waals surface area contributed by atoms with Gasteiger partial charge < -0.3 is 14.8 Å². The molecule has 0 atom stereocenters. The molecule has 3 aromatic rings. The van der Waals surface area contributed by atoms with Crippen LogP contribution < -0.4 is 5.32 Å². The number of phenols is 1. The van der Waals surface area contributed by atoms with Crippen LogP contribution in [0.25, 0.3) is 11.1 Å². The lowest BCUT2D eigenvalue weighted by Crippen LogP contribution is -2.12. The van der Waals surface area contributed by atoms with Crippen molar-refractivity contribution in [2.45, 2.75) is 6.92 Å². The van der Waals surface area contributed by atoms with Crippen molar-refractivity contribution in [3.05, 3.63) is 53.9 Å². The smallest absolute Gasteiger partial charge is 0.255 e. The van der Waals surface area contributed by atoms with E-state index in [9.17, 15) is 9.90 Å². The molecule has 5 nitrogen and oxygen atoms in total. The number of benzene rings is 2. The number of oxazole rings is 1. The van der Waals surface area contributed by atoms with Crippen molar-refractivity contribution in [3.63, 3.8) is 0 Å². The predicted octanol–water partition coefficient (Wildman–Crippen LogP) is 3.09. The molecule has 0 unspecified atom stereocenters. The SMILES string of the molecule is Cc1ccc(O)c(NC(=O)c2ccc3ocnc3c2)c1. The van der Waals surface area contributed by atoms with Gasteiger partial charge in [0.1, 0.15) is 11.3 Å². The molecule has 0 bridgehead atoms. The van der Waals surface area contributed by atoms with Gasteiger partial charge in [-0.1, -0.05) is 6.07 Å². The molecule has 0 saturated carbocycles. The Labute approximate surface area is 114 Å². The lowest BCUT2D eigenvalue weighted by Gasteiger charge is -2.08. The Morgan fingerprint density at radius 2 is 2.10 bits per heavy atom. The molecule has 100 valence electrons. The average Bonchev–Trinajstić information content (AvgIpc) is 2.90. The van der Waals surface area contributed by atoms with Gasteiger partial charge in [0.05, 0.1) is 5.69 Å². The zero-order chi connectivity index (χ0) is 14.1. The normalized spacial score (nSPS) is 10.7. The number of phenolic OH excluding ortho intramolecular Hbond substituents is 1. The van der Waals surface area contributed by atoms with Crippen LogP contribution in [0.1, 0.15) is 15.9 Å². The molecule has 3 rings (SSSR count). The summed E-state index contributed by atoms with van der Waals surface area (Å²) in [5.74, 6) is -0.276. The third kappa shape index (κ3) is 2.21. The van der Waals surface area contributed by atoms with Gasteiger partial charge in [-0.25, -0.2) is 4.98 Å². The molecule has 0 aliphatic carbocycles. The lowest BCUT2D eigenvalue weighted by atomic mass is 10.1. The maximum absolute atomic E-state index is 12.2. The number of anilines is 1. The third-order valence-electron chi connectivity index (χ3n) is 2.99. The van der Waals surface area contributed by atoms with E-state index in [1.807, 2.05) is 6.92 Å². The van der Waals surface area contributed by atoms with Crippen LogP contribution >= 0.6 is 0 Å². The molecule has 0 aliphatic rings. The van der Waals surface area contributed by atoms with Gasteiger partial charge in [0.25, 0.3) is 5.91 Å². The van der Waals surface area contributed by atoms with Crippen molar-refractivity contribution in [2.75, 3.05) is 5.32 Å². The van der Waals surface area contributed by atoms with Gasteiger partial charge in [-0.05, 0) is 42.8 Å². The van der Waals surface area contributed by atoms with Crippen LogP contribution in [0.5, 0.6) is 5.75 Å². The van der Waals surface area contributed by atoms with Gasteiger partial charge in [-0.2, -0.15) is 0 Å². The number of hydrogen-bond donors (Lipinski definition) is 2. The number of rotatable bonds is 2. The number of aromatic nitrogens is 1. The summed E-state index contributed by atoms with van der Waals surface area (Å²) in [5.41, 5.74) is 3.03. The molecule has 0 aliphatic heterocycles. The van der Waals surface area contributed by atoms with Gasteiger partial charge in [-0.15, -0.1) is 0 Å². The van der Waals surface area contributed by atoms with E-state index in [2.05, 4.69) is 10.3 Å². The zero-order valence-corrected chi connectivity index (χ0v) is 10.8. The van der Waals surface area contributed by atoms with Crippen molar-refractivity contribution < 1.29 is 14.3 Å². The summed E-state index contributed by atoms with van der Waals surface area (Å²) in [6, 6.07) is 10.0. The van der Waals surface area contributed by atoms with Crippen LogP contribution in [0.3, 0.4) is 0 Å². The lowest BCUT2D eigenvalue weighted by molar-refractivity contribution is 0.102. The van der Waals surface area contributed by atoms with E-state index in [1.54, 1.807) is 36.4 Å². The molecule has 0 fully saturated rings. The largest absolute Gasteiger partial charge is 0.506 e. The number of hydrogen-bond acceptors (Lipinski definition) is 4. The van der Waals surface area contributed by atoms with Crippen LogP contribution in [0, 0.1) is 6.92 Å². The Bertz CT molecular complexity index is 793. The quantitative estimate of drug-likeness (QED) is 0.700. The standard InChI is InChI=1S/C15H12N2O3/c1-9-2-4-13(18)11(6-9)17-15(19)10-3-5-14-12(7-10)16-8-20-14/h2-8,18H,1H3,(H,17,19). The first kappa shape index (κ1) is 12.2. The van der Waals surface area contributed by atoms with Gasteiger partial charge in [0.15, 0.2) is 12.0 Å². The molecular formula is C15H12N2O3. The van der Waals surface area contributed by atoms with Crippen molar-refractivity contribution in [1.29, 1.82) is 0 Å². The molecule has 5 heteroatoms. The Morgan fingerprint density at radius 1 is 1.25 bits per heavy atom. The van der Waals surface area contributed by atoms with E-state index in [0.717, 1.165) is 5.56 Å². The fraction of sp³-hybridized carbons (Fsp3) is 0.0667. The number of aromatic hydroxyl groups is 1. The average molecular weight is 268 g/mol. The molecule has 1 amide bonds. The topological polar surface area (TPSA) is 75.4 Å². The van der Waals surface area contributed by atoms with E-state index in [0.29, 0.717) is 22.4 Å². The minimum absolute atomic E-state index is 0.0338. The Balaban J connectivity index is 1.90. The summed E-state index contributed by atoms with van der Waals surface area (Å²) in [5, 5.41) is 12.4. The summed E-state index contributed by atoms with van der Waals surface area (Å²) in [7, 11) is 0. The molecule has 2 N–H and O–H groups in total. The predicted molar refractivity (Wildman–Crippen MR) is 74.8 cm³/mol. The number of carbonyl (C=O) groups is 1. The minimum Gasteiger partial charge on any atom is -0.506 e. The first-order valence-electron chi connectivity index (χ1n) is 6.08.